The highest BCUT2D eigenvalue weighted by molar-refractivity contribution is 6.30. The summed E-state index contributed by atoms with van der Waals surface area (Å²) in [7, 11) is 0. The van der Waals surface area contributed by atoms with Crippen molar-refractivity contribution in [1.29, 1.82) is 0 Å². The van der Waals surface area contributed by atoms with Crippen molar-refractivity contribution in [2.24, 2.45) is 5.92 Å². The van der Waals surface area contributed by atoms with Crippen molar-refractivity contribution in [1.82, 2.24) is 9.97 Å². The van der Waals surface area contributed by atoms with Gasteiger partial charge in [-0.25, -0.2) is 9.97 Å². The Morgan fingerprint density at radius 3 is 2.62 bits per heavy atom. The van der Waals surface area contributed by atoms with Gasteiger partial charge in [-0.2, -0.15) is 0 Å². The normalized spacial score (nSPS) is 19.1. The van der Waals surface area contributed by atoms with Gasteiger partial charge in [0.1, 0.15) is 11.5 Å². The fourth-order valence-corrected chi connectivity index (χ4v) is 2.22. The molecule has 2 rings (SSSR count). The molecule has 1 aliphatic rings. The largest absolute Gasteiger partial charge is 0.244 e. The lowest BCUT2D eigenvalue weighted by atomic mass is 9.87. The molecule has 0 atom stereocenters. The Hall–Kier alpha value is -0.630. The van der Waals surface area contributed by atoms with Gasteiger partial charge in [0, 0.05) is 17.2 Å². The minimum atomic E-state index is 0.276. The second-order valence-electron chi connectivity index (χ2n) is 4.04. The van der Waals surface area contributed by atoms with Crippen LogP contribution < -0.4 is 0 Å². The zero-order chi connectivity index (χ0) is 9.47. The summed E-state index contributed by atoms with van der Waals surface area (Å²) in [6, 6.07) is 0. The van der Waals surface area contributed by atoms with E-state index in [-0.39, 0.29) is 5.41 Å². The van der Waals surface area contributed by atoms with Gasteiger partial charge in [-0.3, -0.25) is 0 Å². The molecule has 2 nitrogen and oxygen atoms in total. The lowest BCUT2D eigenvalue weighted by Crippen LogP contribution is -2.15. The minimum absolute atomic E-state index is 0.276. The lowest BCUT2D eigenvalue weighted by molar-refractivity contribution is 0.478. The molecule has 0 amide bonds. The minimum Gasteiger partial charge on any atom is -0.244 e. The smallest absolute Gasteiger partial charge is 0.136 e. The summed E-state index contributed by atoms with van der Waals surface area (Å²) >= 11 is 6.04. The van der Waals surface area contributed by atoms with Crippen LogP contribution in [0.25, 0.3) is 0 Å². The first-order valence-electron chi connectivity index (χ1n) is 4.63. The van der Waals surface area contributed by atoms with Crippen LogP contribution in [0.4, 0.5) is 0 Å². The fraction of sp³-hybridized carbons (Fsp3) is 0.600. The van der Waals surface area contributed by atoms with E-state index >= 15 is 0 Å². The number of aromatic nitrogens is 2. The summed E-state index contributed by atoms with van der Waals surface area (Å²) in [6.07, 6.45) is 5.81. The Labute approximate surface area is 83.4 Å². The molecule has 3 heteroatoms. The highest BCUT2D eigenvalue weighted by Gasteiger charge is 2.48. The van der Waals surface area contributed by atoms with Crippen molar-refractivity contribution in [3.05, 3.63) is 23.2 Å². The molecule has 1 aromatic heterocycles. The molecule has 0 saturated heterocycles. The maximum Gasteiger partial charge on any atom is 0.136 e. The molecule has 1 aromatic rings. The third-order valence-electron chi connectivity index (χ3n) is 3.09. The molecule has 0 bridgehead atoms. The molecule has 1 aliphatic carbocycles. The van der Waals surface area contributed by atoms with Gasteiger partial charge in [0.15, 0.2) is 0 Å². The van der Waals surface area contributed by atoms with E-state index in [1.165, 1.54) is 19.2 Å². The monoisotopic (exact) mass is 196 g/mol. The Balaban J connectivity index is 2.41. The molecule has 13 heavy (non-hydrogen) atoms. The highest BCUT2D eigenvalue weighted by atomic mass is 35.5. The van der Waals surface area contributed by atoms with Crippen LogP contribution in [0.1, 0.15) is 32.3 Å². The van der Waals surface area contributed by atoms with E-state index in [0.29, 0.717) is 11.1 Å². The van der Waals surface area contributed by atoms with Crippen LogP contribution in [-0.4, -0.2) is 9.97 Å². The zero-order valence-corrected chi connectivity index (χ0v) is 8.67. The van der Waals surface area contributed by atoms with Crippen LogP contribution in [0, 0.1) is 5.92 Å². The third kappa shape index (κ3) is 1.33. The number of nitrogens with zero attached hydrogens (tertiary/aromatic N) is 2. The van der Waals surface area contributed by atoms with Gasteiger partial charge in [0.25, 0.3) is 0 Å². The molecule has 0 aromatic carbocycles. The van der Waals surface area contributed by atoms with Gasteiger partial charge in [0.05, 0.1) is 0 Å². The van der Waals surface area contributed by atoms with Crippen molar-refractivity contribution in [2.75, 3.05) is 0 Å². The average Bonchev–Trinajstić information content (AvgIpc) is 2.85. The number of rotatable bonds is 2. The van der Waals surface area contributed by atoms with Crippen molar-refractivity contribution >= 4 is 11.6 Å². The first-order chi connectivity index (χ1) is 6.17. The number of hydrogen-bond donors (Lipinski definition) is 0. The lowest BCUT2D eigenvalue weighted by Gasteiger charge is -2.19. The van der Waals surface area contributed by atoms with Crippen molar-refractivity contribution in [2.45, 2.75) is 32.1 Å². The van der Waals surface area contributed by atoms with Gasteiger partial charge in [0.2, 0.25) is 0 Å². The molecular weight excluding hydrogens is 184 g/mol. The van der Waals surface area contributed by atoms with E-state index in [4.69, 9.17) is 11.6 Å². The first-order valence-corrected chi connectivity index (χ1v) is 5.00. The molecular formula is C10H13ClN2. The van der Waals surface area contributed by atoms with Crippen LogP contribution in [0.5, 0.6) is 0 Å². The average molecular weight is 197 g/mol. The van der Waals surface area contributed by atoms with Crippen molar-refractivity contribution in [3.63, 3.8) is 0 Å². The van der Waals surface area contributed by atoms with Gasteiger partial charge in [-0.1, -0.05) is 25.4 Å². The van der Waals surface area contributed by atoms with Gasteiger partial charge < -0.3 is 0 Å². The summed E-state index contributed by atoms with van der Waals surface area (Å²) < 4.78 is 0. The van der Waals surface area contributed by atoms with Crippen LogP contribution in [-0.2, 0) is 5.41 Å². The Kier molecular flexibility index (Phi) is 2.03. The Morgan fingerprint density at radius 1 is 1.46 bits per heavy atom. The zero-order valence-electron chi connectivity index (χ0n) is 7.92. The quantitative estimate of drug-likeness (QED) is 0.680. The summed E-state index contributed by atoms with van der Waals surface area (Å²) in [5, 5.41) is 0.626. The van der Waals surface area contributed by atoms with Gasteiger partial charge >= 0.3 is 0 Å². The van der Waals surface area contributed by atoms with E-state index in [2.05, 4.69) is 23.8 Å². The van der Waals surface area contributed by atoms with Crippen LogP contribution >= 0.6 is 11.6 Å². The third-order valence-corrected chi connectivity index (χ3v) is 3.40. The second-order valence-corrected chi connectivity index (χ2v) is 4.40. The molecule has 1 heterocycles. The second kappa shape index (κ2) is 2.95. The van der Waals surface area contributed by atoms with E-state index in [9.17, 15) is 0 Å². The topological polar surface area (TPSA) is 25.8 Å². The summed E-state index contributed by atoms with van der Waals surface area (Å²) in [5.74, 6) is 0.621. The maximum atomic E-state index is 6.04. The first kappa shape index (κ1) is 8.95. The predicted molar refractivity (Wildman–Crippen MR) is 52.8 cm³/mol. The SMILES string of the molecule is CC(C)C1(c2cncnc2Cl)CC1. The predicted octanol–water partition coefficient (Wildman–Crippen LogP) is 2.82. The number of hydrogen-bond acceptors (Lipinski definition) is 2. The van der Waals surface area contributed by atoms with E-state index < -0.39 is 0 Å². The van der Waals surface area contributed by atoms with Crippen molar-refractivity contribution in [3.8, 4) is 0 Å². The van der Waals surface area contributed by atoms with Crippen molar-refractivity contribution < 1.29 is 0 Å². The van der Waals surface area contributed by atoms with E-state index in [1.54, 1.807) is 0 Å². The highest BCUT2D eigenvalue weighted by Crippen LogP contribution is 2.54. The van der Waals surface area contributed by atoms with E-state index in [1.807, 2.05) is 6.20 Å². The Morgan fingerprint density at radius 2 is 2.15 bits per heavy atom. The molecule has 1 saturated carbocycles. The molecule has 0 radical (unpaired) electrons. The van der Waals surface area contributed by atoms with Gasteiger partial charge in [-0.15, -0.1) is 0 Å². The molecule has 70 valence electrons. The molecule has 0 spiro atoms. The molecule has 0 unspecified atom stereocenters. The van der Waals surface area contributed by atoms with Crippen LogP contribution in [0.15, 0.2) is 12.5 Å². The summed E-state index contributed by atoms with van der Waals surface area (Å²) in [5.41, 5.74) is 1.41. The summed E-state index contributed by atoms with van der Waals surface area (Å²) in [4.78, 5) is 8.06. The molecule has 1 fully saturated rings. The fourth-order valence-electron chi connectivity index (χ4n) is 1.94. The van der Waals surface area contributed by atoms with Crippen LogP contribution in [0.3, 0.4) is 0 Å². The molecule has 0 aliphatic heterocycles. The maximum absolute atomic E-state index is 6.04. The number of halogens is 1. The summed E-state index contributed by atoms with van der Waals surface area (Å²) in [6.45, 7) is 4.46. The van der Waals surface area contributed by atoms with E-state index in [0.717, 1.165) is 5.56 Å². The Bertz CT molecular complexity index is 318. The molecule has 0 N–H and O–H groups in total. The van der Waals surface area contributed by atoms with Crippen LogP contribution in [0.2, 0.25) is 5.15 Å². The standard InChI is InChI=1S/C10H13ClN2/c1-7(2)10(3-4-10)8-5-12-6-13-9(8)11/h5-7H,3-4H2,1-2H3. The van der Waals surface area contributed by atoms with Gasteiger partial charge in [-0.05, 0) is 18.8 Å².